The molecule has 6 heteroatoms. The van der Waals surface area contributed by atoms with Crippen LogP contribution in [0.2, 0.25) is 0 Å². The van der Waals surface area contributed by atoms with Crippen LogP contribution in [0.4, 0.5) is 0 Å². The minimum Gasteiger partial charge on any atom is -0.467 e. The normalized spacial score (nSPS) is 20.7. The number of amides is 1. The van der Waals surface area contributed by atoms with Gasteiger partial charge in [0.05, 0.1) is 7.11 Å². The molecule has 1 fully saturated rings. The van der Waals surface area contributed by atoms with E-state index in [1.165, 1.54) is 7.11 Å². The highest BCUT2D eigenvalue weighted by molar-refractivity contribution is 9.11. The number of methoxy groups -OCH3 is 1. The molecular weight excluding hydrogens is 290 g/mol. The van der Waals surface area contributed by atoms with Crippen LogP contribution < -0.4 is 5.32 Å². The van der Waals surface area contributed by atoms with Crippen LogP contribution in [-0.2, 0) is 19.1 Å². The van der Waals surface area contributed by atoms with Crippen molar-refractivity contribution < 1.29 is 19.1 Å². The van der Waals surface area contributed by atoms with E-state index in [1.807, 2.05) is 0 Å². The first-order valence-electron chi connectivity index (χ1n) is 5.37. The third kappa shape index (κ3) is 4.47. The predicted molar refractivity (Wildman–Crippen MR) is 65.6 cm³/mol. The number of nitrogens with one attached hydrogen (secondary N) is 1. The molecule has 2 atom stereocenters. The van der Waals surface area contributed by atoms with Gasteiger partial charge in [0.15, 0.2) is 0 Å². The molecule has 0 spiro atoms. The van der Waals surface area contributed by atoms with E-state index in [0.717, 1.165) is 6.42 Å². The SMILES string of the molecule is C=C(Br)C[C@H](NC(=O)[C@H]1CCCO1)C(=O)OC. The molecule has 0 aromatic carbocycles. The van der Waals surface area contributed by atoms with Gasteiger partial charge in [0.1, 0.15) is 12.1 Å². The Balaban J connectivity index is 2.55. The van der Waals surface area contributed by atoms with E-state index in [2.05, 4.69) is 32.6 Å². The van der Waals surface area contributed by atoms with Crippen LogP contribution in [0.1, 0.15) is 19.3 Å². The summed E-state index contributed by atoms with van der Waals surface area (Å²) in [7, 11) is 1.28. The van der Waals surface area contributed by atoms with Crippen LogP contribution in [0.5, 0.6) is 0 Å². The van der Waals surface area contributed by atoms with Crippen molar-refractivity contribution in [1.29, 1.82) is 0 Å². The van der Waals surface area contributed by atoms with Crippen LogP contribution in [-0.4, -0.2) is 37.7 Å². The zero-order chi connectivity index (χ0) is 12.8. The quantitative estimate of drug-likeness (QED) is 0.773. The summed E-state index contributed by atoms with van der Waals surface area (Å²) in [6, 6.07) is -0.719. The maximum absolute atomic E-state index is 11.8. The van der Waals surface area contributed by atoms with Crippen molar-refractivity contribution in [3.63, 3.8) is 0 Å². The molecule has 0 unspecified atom stereocenters. The maximum Gasteiger partial charge on any atom is 0.328 e. The highest BCUT2D eigenvalue weighted by Crippen LogP contribution is 2.14. The third-order valence-electron chi connectivity index (χ3n) is 2.45. The van der Waals surface area contributed by atoms with Gasteiger partial charge in [-0.1, -0.05) is 22.5 Å². The number of carbonyl (C=O) groups is 2. The fourth-order valence-electron chi connectivity index (χ4n) is 1.61. The number of ether oxygens (including phenoxy) is 2. The molecule has 5 nitrogen and oxygen atoms in total. The molecule has 17 heavy (non-hydrogen) atoms. The molecule has 1 heterocycles. The van der Waals surface area contributed by atoms with Crippen LogP contribution >= 0.6 is 15.9 Å². The minimum atomic E-state index is -0.719. The first-order chi connectivity index (χ1) is 8.04. The molecule has 0 radical (unpaired) electrons. The molecule has 0 aliphatic carbocycles. The second-order valence-corrected chi connectivity index (χ2v) is 4.93. The average molecular weight is 306 g/mol. The highest BCUT2D eigenvalue weighted by atomic mass is 79.9. The van der Waals surface area contributed by atoms with E-state index in [0.29, 0.717) is 23.9 Å². The number of hydrogen-bond acceptors (Lipinski definition) is 4. The maximum atomic E-state index is 11.8. The fraction of sp³-hybridized carbons (Fsp3) is 0.636. The van der Waals surface area contributed by atoms with Crippen molar-refractivity contribution in [1.82, 2.24) is 5.32 Å². The molecule has 1 N–H and O–H groups in total. The Labute approximate surface area is 109 Å². The second-order valence-electron chi connectivity index (χ2n) is 3.81. The number of esters is 1. The lowest BCUT2D eigenvalue weighted by atomic mass is 10.1. The first kappa shape index (κ1) is 14.2. The van der Waals surface area contributed by atoms with Gasteiger partial charge in [-0.15, -0.1) is 0 Å². The Morgan fingerprint density at radius 2 is 2.35 bits per heavy atom. The van der Waals surface area contributed by atoms with E-state index < -0.39 is 18.1 Å². The monoisotopic (exact) mass is 305 g/mol. The standard InChI is InChI=1S/C11H16BrNO4/c1-7(12)6-8(11(15)16-2)13-10(14)9-4-3-5-17-9/h8-9H,1,3-6H2,2H3,(H,13,14)/t8-,9+/m0/s1. The molecule has 1 rings (SSSR count). The molecule has 1 aliphatic rings. The lowest BCUT2D eigenvalue weighted by molar-refractivity contribution is -0.146. The summed E-state index contributed by atoms with van der Waals surface area (Å²) in [5.41, 5.74) is 0. The molecule has 1 saturated heterocycles. The van der Waals surface area contributed by atoms with E-state index >= 15 is 0 Å². The zero-order valence-electron chi connectivity index (χ0n) is 9.70. The second kappa shape index (κ2) is 6.76. The number of halogens is 1. The molecule has 96 valence electrons. The molecule has 0 bridgehead atoms. The van der Waals surface area contributed by atoms with Gasteiger partial charge in [0, 0.05) is 13.0 Å². The Bertz CT molecular complexity index is 313. The molecular formula is C11H16BrNO4. The lowest BCUT2D eigenvalue weighted by Crippen LogP contribution is -2.45. The summed E-state index contributed by atoms with van der Waals surface area (Å²) < 4.78 is 10.5. The third-order valence-corrected chi connectivity index (χ3v) is 2.77. The molecule has 1 aliphatic heterocycles. The molecule has 0 aromatic rings. The highest BCUT2D eigenvalue weighted by Gasteiger charge is 2.28. The van der Waals surface area contributed by atoms with Crippen LogP contribution in [0.25, 0.3) is 0 Å². The van der Waals surface area contributed by atoms with Crippen molar-refractivity contribution in [2.45, 2.75) is 31.4 Å². The Hall–Kier alpha value is -0.880. The van der Waals surface area contributed by atoms with Gasteiger partial charge in [0.2, 0.25) is 5.91 Å². The van der Waals surface area contributed by atoms with E-state index in [9.17, 15) is 9.59 Å². The van der Waals surface area contributed by atoms with Gasteiger partial charge >= 0.3 is 5.97 Å². The summed E-state index contributed by atoms with van der Waals surface area (Å²) in [6.45, 7) is 4.23. The Morgan fingerprint density at radius 3 is 2.82 bits per heavy atom. The van der Waals surface area contributed by atoms with Crippen molar-refractivity contribution >= 4 is 27.8 Å². The fourth-order valence-corrected chi connectivity index (χ4v) is 1.93. The van der Waals surface area contributed by atoms with Crippen LogP contribution in [0.3, 0.4) is 0 Å². The van der Waals surface area contributed by atoms with Gasteiger partial charge < -0.3 is 14.8 Å². The summed E-state index contributed by atoms with van der Waals surface area (Å²) in [6.07, 6.45) is 1.40. The van der Waals surface area contributed by atoms with Crippen molar-refractivity contribution in [2.75, 3.05) is 13.7 Å². The van der Waals surface area contributed by atoms with Gasteiger partial charge in [-0.05, 0) is 17.3 Å². The predicted octanol–water partition coefficient (Wildman–Crippen LogP) is 1.12. The number of rotatable bonds is 5. The average Bonchev–Trinajstić information content (AvgIpc) is 2.79. The van der Waals surface area contributed by atoms with E-state index in [1.54, 1.807) is 0 Å². The number of carbonyl (C=O) groups excluding carboxylic acids is 2. The van der Waals surface area contributed by atoms with Gasteiger partial charge in [-0.3, -0.25) is 4.79 Å². The molecule has 0 saturated carbocycles. The Kier molecular flexibility index (Phi) is 5.64. The van der Waals surface area contributed by atoms with Gasteiger partial charge in [-0.25, -0.2) is 4.79 Å². The zero-order valence-corrected chi connectivity index (χ0v) is 11.3. The van der Waals surface area contributed by atoms with Crippen LogP contribution in [0.15, 0.2) is 11.1 Å². The van der Waals surface area contributed by atoms with Gasteiger partial charge in [-0.2, -0.15) is 0 Å². The summed E-state index contributed by atoms with van der Waals surface area (Å²) in [5.74, 6) is -0.761. The Morgan fingerprint density at radius 1 is 1.65 bits per heavy atom. The molecule has 0 aromatic heterocycles. The van der Waals surface area contributed by atoms with Crippen molar-refractivity contribution in [3.8, 4) is 0 Å². The lowest BCUT2D eigenvalue weighted by Gasteiger charge is -2.18. The molecule has 1 amide bonds. The van der Waals surface area contributed by atoms with E-state index in [-0.39, 0.29) is 5.91 Å². The minimum absolute atomic E-state index is 0.272. The topological polar surface area (TPSA) is 64.6 Å². The van der Waals surface area contributed by atoms with Gasteiger partial charge in [0.25, 0.3) is 0 Å². The van der Waals surface area contributed by atoms with Crippen LogP contribution in [0, 0.1) is 0 Å². The smallest absolute Gasteiger partial charge is 0.328 e. The summed E-state index contributed by atoms with van der Waals surface area (Å²) >= 11 is 3.16. The number of hydrogen-bond donors (Lipinski definition) is 1. The summed E-state index contributed by atoms with van der Waals surface area (Å²) in [4.78, 5) is 23.2. The summed E-state index contributed by atoms with van der Waals surface area (Å²) in [5, 5.41) is 2.61. The first-order valence-corrected chi connectivity index (χ1v) is 6.17. The van der Waals surface area contributed by atoms with Crippen molar-refractivity contribution in [2.24, 2.45) is 0 Å². The largest absolute Gasteiger partial charge is 0.467 e. The van der Waals surface area contributed by atoms with Crippen molar-refractivity contribution in [3.05, 3.63) is 11.1 Å². The van der Waals surface area contributed by atoms with E-state index in [4.69, 9.17) is 4.74 Å².